The van der Waals surface area contributed by atoms with Gasteiger partial charge in [0, 0.05) is 43.9 Å². The van der Waals surface area contributed by atoms with Crippen molar-refractivity contribution in [2.75, 3.05) is 0 Å². The van der Waals surface area contributed by atoms with Crippen molar-refractivity contribution in [2.24, 2.45) is 0 Å². The zero-order chi connectivity index (χ0) is 42.6. The van der Waals surface area contributed by atoms with E-state index in [4.69, 9.17) is 13.8 Å². The summed E-state index contributed by atoms with van der Waals surface area (Å²) in [5, 5.41) is 12.7. The standard InChI is InChI=1S/C59H37N3O2Si/c1-3-18-38(19-4-1)65(39-20-5-2-6-21-39,53-35-15-27-44-42-25-13-32-51(56(42)63-58(44)53)61-47-29-10-7-22-40(47)41-23-8-11-30-48(41)61)54-36-16-28-45-43-26-14-33-52(57(43)64-59(45)54)62-49-31-12-9-24-46(49)55-50(62)34-17-37-60-55/h1-37H. The van der Waals surface area contributed by atoms with Gasteiger partial charge in [-0.15, -0.1) is 0 Å². The van der Waals surface area contributed by atoms with Crippen LogP contribution in [0.1, 0.15) is 0 Å². The highest BCUT2D eigenvalue weighted by Crippen LogP contribution is 2.40. The lowest BCUT2D eigenvalue weighted by atomic mass is 10.1. The molecule has 5 heterocycles. The molecular formula is C59H37N3O2Si. The summed E-state index contributed by atoms with van der Waals surface area (Å²) in [6.07, 6.45) is 1.87. The van der Waals surface area contributed by atoms with Gasteiger partial charge in [-0.3, -0.25) is 4.98 Å². The molecule has 0 radical (unpaired) electrons. The van der Waals surface area contributed by atoms with Gasteiger partial charge in [0.2, 0.25) is 0 Å². The Hall–Kier alpha value is -8.45. The Balaban J connectivity index is 1.10. The van der Waals surface area contributed by atoms with E-state index in [0.29, 0.717) is 0 Å². The lowest BCUT2D eigenvalue weighted by Gasteiger charge is -2.34. The molecule has 304 valence electrons. The molecule has 0 saturated carbocycles. The second kappa shape index (κ2) is 13.8. The van der Waals surface area contributed by atoms with Crippen molar-refractivity contribution in [3.8, 4) is 11.4 Å². The van der Waals surface area contributed by atoms with Gasteiger partial charge in [0.05, 0.1) is 39.0 Å². The third kappa shape index (κ3) is 4.94. The van der Waals surface area contributed by atoms with Crippen molar-refractivity contribution in [1.29, 1.82) is 0 Å². The molecule has 0 aliphatic heterocycles. The topological polar surface area (TPSA) is 49.0 Å². The molecule has 9 aromatic carbocycles. The van der Waals surface area contributed by atoms with Gasteiger partial charge in [0.1, 0.15) is 11.2 Å². The molecule has 0 spiro atoms. The van der Waals surface area contributed by atoms with Crippen LogP contribution >= 0.6 is 0 Å². The Kier molecular flexibility index (Phi) is 7.64. The van der Waals surface area contributed by atoms with Gasteiger partial charge in [-0.25, -0.2) is 0 Å². The molecule has 0 aliphatic rings. The number of fused-ring (bicyclic) bond motifs is 12. The molecule has 5 nitrogen and oxygen atoms in total. The third-order valence-corrected chi connectivity index (χ3v) is 18.5. The number of hydrogen-bond acceptors (Lipinski definition) is 3. The van der Waals surface area contributed by atoms with Crippen LogP contribution in [0.25, 0.3) is 99.0 Å². The van der Waals surface area contributed by atoms with E-state index < -0.39 is 8.07 Å². The number of pyridine rings is 1. The summed E-state index contributed by atoms with van der Waals surface area (Å²) in [7, 11) is -3.31. The van der Waals surface area contributed by atoms with Crippen LogP contribution in [0.5, 0.6) is 0 Å². The maximum Gasteiger partial charge on any atom is 0.188 e. The van der Waals surface area contributed by atoms with Gasteiger partial charge < -0.3 is 18.0 Å². The van der Waals surface area contributed by atoms with Crippen LogP contribution in [0.15, 0.2) is 233 Å². The van der Waals surface area contributed by atoms with Gasteiger partial charge in [0.15, 0.2) is 19.2 Å². The van der Waals surface area contributed by atoms with Crippen molar-refractivity contribution in [1.82, 2.24) is 14.1 Å². The van der Waals surface area contributed by atoms with Crippen molar-refractivity contribution in [2.45, 2.75) is 0 Å². The number of benzene rings is 9. The maximum atomic E-state index is 7.50. The average Bonchev–Trinajstić information content (AvgIpc) is 4.14. The molecule has 0 saturated heterocycles. The summed E-state index contributed by atoms with van der Waals surface area (Å²) in [5.41, 5.74) is 10.8. The highest BCUT2D eigenvalue weighted by molar-refractivity contribution is 7.21. The van der Waals surface area contributed by atoms with E-state index in [9.17, 15) is 0 Å². The van der Waals surface area contributed by atoms with Crippen LogP contribution in [0.4, 0.5) is 0 Å². The number of hydrogen-bond donors (Lipinski definition) is 0. The van der Waals surface area contributed by atoms with Gasteiger partial charge in [-0.05, 0) is 63.2 Å². The number of furan rings is 2. The molecule has 0 atom stereocenters. The minimum Gasteiger partial charge on any atom is -0.454 e. The van der Waals surface area contributed by atoms with Crippen LogP contribution in [-0.4, -0.2) is 22.2 Å². The quantitative estimate of drug-likeness (QED) is 0.124. The fraction of sp³-hybridized carbons (Fsp3) is 0. The first-order chi connectivity index (χ1) is 32.3. The Bertz CT molecular complexity index is 3820. The van der Waals surface area contributed by atoms with E-state index in [1.807, 2.05) is 12.3 Å². The maximum absolute atomic E-state index is 7.50. The summed E-state index contributed by atoms with van der Waals surface area (Å²) < 4.78 is 19.7. The number of aromatic nitrogens is 3. The van der Waals surface area contributed by atoms with Crippen LogP contribution in [0.3, 0.4) is 0 Å². The van der Waals surface area contributed by atoms with E-state index in [1.54, 1.807) is 0 Å². The molecular weight excluding hydrogens is 811 g/mol. The highest BCUT2D eigenvalue weighted by atomic mass is 28.3. The highest BCUT2D eigenvalue weighted by Gasteiger charge is 2.46. The van der Waals surface area contributed by atoms with Gasteiger partial charge in [-0.1, -0.05) is 176 Å². The summed E-state index contributed by atoms with van der Waals surface area (Å²) in [4.78, 5) is 4.86. The molecule has 0 unspecified atom stereocenters. The number of nitrogens with zero attached hydrogens (tertiary/aromatic N) is 3. The van der Waals surface area contributed by atoms with Crippen molar-refractivity contribution < 1.29 is 8.83 Å². The second-order valence-corrected chi connectivity index (χ2v) is 20.7. The fourth-order valence-corrected chi connectivity index (χ4v) is 16.1. The normalized spacial score (nSPS) is 12.3. The number of para-hydroxylation sites is 7. The van der Waals surface area contributed by atoms with Crippen LogP contribution < -0.4 is 20.7 Å². The molecule has 0 N–H and O–H groups in total. The van der Waals surface area contributed by atoms with Crippen LogP contribution in [-0.2, 0) is 0 Å². The smallest absolute Gasteiger partial charge is 0.188 e. The Labute approximate surface area is 373 Å². The first-order valence-corrected chi connectivity index (χ1v) is 24.1. The zero-order valence-electron chi connectivity index (χ0n) is 35.0. The minimum absolute atomic E-state index is 0.836. The summed E-state index contributed by atoms with van der Waals surface area (Å²) in [6.45, 7) is 0. The van der Waals surface area contributed by atoms with Gasteiger partial charge in [0.25, 0.3) is 0 Å². The second-order valence-electron chi connectivity index (χ2n) is 17.0. The van der Waals surface area contributed by atoms with Crippen molar-refractivity contribution >= 4 is 116 Å². The lowest BCUT2D eigenvalue weighted by Crippen LogP contribution is -2.75. The van der Waals surface area contributed by atoms with E-state index in [-0.39, 0.29) is 0 Å². The molecule has 65 heavy (non-hydrogen) atoms. The van der Waals surface area contributed by atoms with Crippen molar-refractivity contribution in [3.63, 3.8) is 0 Å². The molecule has 14 rings (SSSR count). The van der Waals surface area contributed by atoms with Crippen LogP contribution in [0, 0.1) is 0 Å². The molecule has 6 heteroatoms. The Morgan fingerprint density at radius 2 is 0.692 bits per heavy atom. The predicted molar refractivity (Wildman–Crippen MR) is 271 cm³/mol. The van der Waals surface area contributed by atoms with E-state index in [1.165, 1.54) is 26.3 Å². The SMILES string of the molecule is c1ccc([Si](c2ccccc2)(c2cccc3c2oc2c(-n4c5ccccc5c5ccccc54)cccc23)c2cccc3c2oc2c(-n4c5ccccc5c5ncccc54)cccc23)cc1. The summed E-state index contributed by atoms with van der Waals surface area (Å²) in [6, 6.07) is 78.8. The molecule has 0 fully saturated rings. The summed E-state index contributed by atoms with van der Waals surface area (Å²) >= 11 is 0. The minimum atomic E-state index is -3.31. The van der Waals surface area contributed by atoms with E-state index in [0.717, 1.165) is 93.4 Å². The van der Waals surface area contributed by atoms with E-state index in [2.05, 4.69) is 221 Å². The zero-order valence-corrected chi connectivity index (χ0v) is 36.0. The third-order valence-electron chi connectivity index (χ3n) is 13.7. The molecule has 14 aromatic rings. The molecule has 0 aliphatic carbocycles. The monoisotopic (exact) mass is 847 g/mol. The Morgan fingerprint density at radius 3 is 1.22 bits per heavy atom. The van der Waals surface area contributed by atoms with Gasteiger partial charge in [-0.2, -0.15) is 0 Å². The number of rotatable bonds is 6. The molecule has 0 bridgehead atoms. The Morgan fingerprint density at radius 1 is 0.308 bits per heavy atom. The molecule has 0 amide bonds. The predicted octanol–water partition coefficient (Wildman–Crippen LogP) is 12.5. The lowest BCUT2D eigenvalue weighted by molar-refractivity contribution is 0.668. The van der Waals surface area contributed by atoms with E-state index >= 15 is 0 Å². The largest absolute Gasteiger partial charge is 0.454 e. The van der Waals surface area contributed by atoms with Crippen LogP contribution in [0.2, 0.25) is 0 Å². The summed E-state index contributed by atoms with van der Waals surface area (Å²) in [5.74, 6) is 0. The fourth-order valence-electron chi connectivity index (χ4n) is 11.1. The molecule has 5 aromatic heterocycles. The van der Waals surface area contributed by atoms with Crippen molar-refractivity contribution in [3.05, 3.63) is 225 Å². The first-order valence-electron chi connectivity index (χ1n) is 22.1. The average molecular weight is 848 g/mol. The van der Waals surface area contributed by atoms with Gasteiger partial charge >= 0.3 is 0 Å². The first kappa shape index (κ1) is 36.1.